The molecule has 106 valence electrons. The molecule has 2 aromatic carbocycles. The van der Waals surface area contributed by atoms with Crippen LogP contribution in [0.25, 0.3) is 0 Å². The van der Waals surface area contributed by atoms with E-state index in [1.165, 1.54) is 6.07 Å². The third-order valence-electron chi connectivity index (χ3n) is 2.85. The molecule has 0 saturated carbocycles. The van der Waals surface area contributed by atoms with Crippen LogP contribution in [-0.4, -0.2) is 8.42 Å². The van der Waals surface area contributed by atoms with Crippen molar-refractivity contribution in [2.45, 2.75) is 18.0 Å². The van der Waals surface area contributed by atoms with Crippen LogP contribution in [-0.2, 0) is 23.1 Å². The van der Waals surface area contributed by atoms with Crippen LogP contribution >= 0.6 is 11.6 Å². The minimum absolute atomic E-state index is 0.0836. The molecule has 0 radical (unpaired) electrons. The largest absolute Gasteiger partial charge is 0.326 e. The molecule has 6 heteroatoms. The molecule has 3 N–H and O–H groups in total. The van der Waals surface area contributed by atoms with E-state index < -0.39 is 10.0 Å². The second kappa shape index (κ2) is 6.37. The molecule has 0 amide bonds. The molecule has 0 heterocycles. The lowest BCUT2D eigenvalue weighted by molar-refractivity contribution is 0.581. The van der Waals surface area contributed by atoms with E-state index in [0.717, 1.165) is 11.1 Å². The molecule has 0 aliphatic rings. The van der Waals surface area contributed by atoms with Crippen molar-refractivity contribution in [3.8, 4) is 0 Å². The molecule has 0 aromatic heterocycles. The van der Waals surface area contributed by atoms with E-state index in [4.69, 9.17) is 17.3 Å². The summed E-state index contributed by atoms with van der Waals surface area (Å²) in [5.74, 6) is 0. The van der Waals surface area contributed by atoms with Crippen molar-refractivity contribution in [1.29, 1.82) is 0 Å². The summed E-state index contributed by atoms with van der Waals surface area (Å²) >= 11 is 5.90. The Labute approximate surface area is 123 Å². The highest BCUT2D eigenvalue weighted by Crippen LogP contribution is 2.20. The quantitative estimate of drug-likeness (QED) is 0.890. The zero-order chi connectivity index (χ0) is 14.6. The summed E-state index contributed by atoms with van der Waals surface area (Å²) in [4.78, 5) is 0.0836. The SMILES string of the molecule is NCc1ccc(CNS(=O)(=O)c2ccccc2Cl)cc1. The summed E-state index contributed by atoms with van der Waals surface area (Å²) in [6, 6.07) is 13.8. The van der Waals surface area contributed by atoms with Crippen molar-refractivity contribution < 1.29 is 8.42 Å². The molecule has 0 atom stereocenters. The van der Waals surface area contributed by atoms with Gasteiger partial charge in [-0.3, -0.25) is 0 Å². The maximum Gasteiger partial charge on any atom is 0.242 e. The van der Waals surface area contributed by atoms with Gasteiger partial charge in [-0.25, -0.2) is 13.1 Å². The molecule has 0 fully saturated rings. The summed E-state index contributed by atoms with van der Waals surface area (Å²) in [6.07, 6.45) is 0. The van der Waals surface area contributed by atoms with Gasteiger partial charge in [0.15, 0.2) is 0 Å². The summed E-state index contributed by atoms with van der Waals surface area (Å²) in [7, 11) is -3.61. The molecule has 0 saturated heterocycles. The second-order valence-electron chi connectivity index (χ2n) is 4.28. The summed E-state index contributed by atoms with van der Waals surface area (Å²) < 4.78 is 26.8. The first-order valence-corrected chi connectivity index (χ1v) is 7.91. The molecular weight excluding hydrogens is 296 g/mol. The van der Waals surface area contributed by atoms with Crippen molar-refractivity contribution in [2.75, 3.05) is 0 Å². The Bertz CT molecular complexity index is 685. The van der Waals surface area contributed by atoms with E-state index >= 15 is 0 Å². The standard InChI is InChI=1S/C14H15ClN2O2S/c15-13-3-1-2-4-14(13)20(18,19)17-10-12-7-5-11(9-16)6-8-12/h1-8,17H,9-10,16H2. The highest BCUT2D eigenvalue weighted by atomic mass is 35.5. The summed E-state index contributed by atoms with van der Waals surface area (Å²) in [5, 5.41) is 0.207. The topological polar surface area (TPSA) is 72.2 Å². The number of nitrogens with two attached hydrogens (primary N) is 1. The van der Waals surface area contributed by atoms with Gasteiger partial charge in [0.1, 0.15) is 4.90 Å². The number of hydrogen-bond donors (Lipinski definition) is 2. The maximum absolute atomic E-state index is 12.1. The highest BCUT2D eigenvalue weighted by molar-refractivity contribution is 7.89. The van der Waals surface area contributed by atoms with Gasteiger partial charge in [0, 0.05) is 13.1 Å². The lowest BCUT2D eigenvalue weighted by Crippen LogP contribution is -2.23. The minimum Gasteiger partial charge on any atom is -0.326 e. The van der Waals surface area contributed by atoms with Crippen molar-refractivity contribution in [1.82, 2.24) is 4.72 Å². The van der Waals surface area contributed by atoms with Crippen LogP contribution in [0.5, 0.6) is 0 Å². The number of sulfonamides is 1. The third-order valence-corrected chi connectivity index (χ3v) is 4.75. The van der Waals surface area contributed by atoms with E-state index in [2.05, 4.69) is 4.72 Å². The molecule has 2 rings (SSSR count). The predicted molar refractivity (Wildman–Crippen MR) is 79.8 cm³/mol. The smallest absolute Gasteiger partial charge is 0.242 e. The van der Waals surface area contributed by atoms with Gasteiger partial charge in [-0.15, -0.1) is 0 Å². The normalized spacial score (nSPS) is 11.5. The molecule has 0 aliphatic heterocycles. The van der Waals surface area contributed by atoms with Gasteiger partial charge in [-0.2, -0.15) is 0 Å². The Hall–Kier alpha value is -1.40. The molecule has 2 aromatic rings. The molecule has 20 heavy (non-hydrogen) atoms. The zero-order valence-electron chi connectivity index (χ0n) is 10.7. The molecule has 0 unspecified atom stereocenters. The number of halogens is 1. The van der Waals surface area contributed by atoms with Gasteiger partial charge in [-0.05, 0) is 23.3 Å². The number of hydrogen-bond acceptors (Lipinski definition) is 3. The Morgan fingerprint density at radius 1 is 1.00 bits per heavy atom. The first-order chi connectivity index (χ1) is 9.53. The molecule has 0 aliphatic carbocycles. The van der Waals surface area contributed by atoms with Crippen LogP contribution in [0.3, 0.4) is 0 Å². The fraction of sp³-hybridized carbons (Fsp3) is 0.143. The van der Waals surface area contributed by atoms with Crippen molar-refractivity contribution >= 4 is 21.6 Å². The average Bonchev–Trinajstić information content (AvgIpc) is 2.46. The fourth-order valence-electron chi connectivity index (χ4n) is 1.71. The van der Waals surface area contributed by atoms with E-state index in [9.17, 15) is 8.42 Å². The zero-order valence-corrected chi connectivity index (χ0v) is 12.3. The number of benzene rings is 2. The van der Waals surface area contributed by atoms with Crippen LogP contribution < -0.4 is 10.5 Å². The van der Waals surface area contributed by atoms with Crippen molar-refractivity contribution in [2.24, 2.45) is 5.73 Å². The van der Waals surface area contributed by atoms with Gasteiger partial charge in [0.05, 0.1) is 5.02 Å². The van der Waals surface area contributed by atoms with Crippen LogP contribution in [0.2, 0.25) is 5.02 Å². The van der Waals surface area contributed by atoms with E-state index in [-0.39, 0.29) is 16.5 Å². The Morgan fingerprint density at radius 3 is 2.20 bits per heavy atom. The molecular formula is C14H15ClN2O2S. The Morgan fingerprint density at radius 2 is 1.60 bits per heavy atom. The monoisotopic (exact) mass is 310 g/mol. The first-order valence-electron chi connectivity index (χ1n) is 6.05. The Kier molecular flexibility index (Phi) is 4.77. The summed E-state index contributed by atoms with van der Waals surface area (Å²) in [5.41, 5.74) is 7.37. The van der Waals surface area contributed by atoms with Crippen molar-refractivity contribution in [3.05, 3.63) is 64.7 Å². The number of nitrogens with one attached hydrogen (secondary N) is 1. The third kappa shape index (κ3) is 3.58. The van der Waals surface area contributed by atoms with Crippen LogP contribution in [0.15, 0.2) is 53.4 Å². The summed E-state index contributed by atoms with van der Waals surface area (Å²) in [6.45, 7) is 0.671. The van der Waals surface area contributed by atoms with Crippen LogP contribution in [0.4, 0.5) is 0 Å². The predicted octanol–water partition coefficient (Wildman–Crippen LogP) is 2.28. The first kappa shape index (κ1) is 15.0. The minimum atomic E-state index is -3.61. The lowest BCUT2D eigenvalue weighted by Gasteiger charge is -2.08. The maximum atomic E-state index is 12.1. The highest BCUT2D eigenvalue weighted by Gasteiger charge is 2.16. The van der Waals surface area contributed by atoms with E-state index in [0.29, 0.717) is 6.54 Å². The van der Waals surface area contributed by atoms with E-state index in [1.54, 1.807) is 18.2 Å². The number of rotatable bonds is 5. The van der Waals surface area contributed by atoms with E-state index in [1.807, 2.05) is 24.3 Å². The van der Waals surface area contributed by atoms with Gasteiger partial charge < -0.3 is 5.73 Å². The van der Waals surface area contributed by atoms with Gasteiger partial charge in [0.25, 0.3) is 0 Å². The Balaban J connectivity index is 2.11. The van der Waals surface area contributed by atoms with Crippen LogP contribution in [0, 0.1) is 0 Å². The molecule has 0 spiro atoms. The lowest BCUT2D eigenvalue weighted by atomic mass is 10.1. The molecule has 0 bridgehead atoms. The second-order valence-corrected chi connectivity index (χ2v) is 6.42. The fourth-order valence-corrected chi connectivity index (χ4v) is 3.25. The van der Waals surface area contributed by atoms with Gasteiger partial charge in [0.2, 0.25) is 10.0 Å². The van der Waals surface area contributed by atoms with Crippen molar-refractivity contribution in [3.63, 3.8) is 0 Å². The van der Waals surface area contributed by atoms with Gasteiger partial charge in [-0.1, -0.05) is 48.0 Å². The average molecular weight is 311 g/mol. The van der Waals surface area contributed by atoms with Gasteiger partial charge >= 0.3 is 0 Å². The molecule has 4 nitrogen and oxygen atoms in total. The van der Waals surface area contributed by atoms with Crippen LogP contribution in [0.1, 0.15) is 11.1 Å².